The Morgan fingerprint density at radius 2 is 2.19 bits per heavy atom. The summed E-state index contributed by atoms with van der Waals surface area (Å²) in [5, 5.41) is 5.94. The first-order valence-corrected chi connectivity index (χ1v) is 6.92. The number of hydrogen-bond donors (Lipinski definition) is 2. The molecule has 1 aliphatic rings. The summed E-state index contributed by atoms with van der Waals surface area (Å²) in [5.41, 5.74) is 3.94. The van der Waals surface area contributed by atoms with Crippen LogP contribution in [0.2, 0.25) is 0 Å². The summed E-state index contributed by atoms with van der Waals surface area (Å²) in [7, 11) is 3.81. The quantitative estimate of drug-likeness (QED) is 0.899. The highest BCUT2D eigenvalue weighted by atomic mass is 16.2. The molecule has 1 amide bonds. The van der Waals surface area contributed by atoms with E-state index in [1.165, 1.54) is 0 Å². The molecule has 5 heteroatoms. The van der Waals surface area contributed by atoms with Crippen LogP contribution in [0.5, 0.6) is 0 Å². The van der Waals surface area contributed by atoms with Gasteiger partial charge < -0.3 is 15.5 Å². The monoisotopic (exact) mass is 282 g/mol. The molecule has 1 aliphatic heterocycles. The van der Waals surface area contributed by atoms with Crippen molar-refractivity contribution in [3.63, 3.8) is 0 Å². The van der Waals surface area contributed by atoms with E-state index in [1.807, 2.05) is 43.4 Å². The Hall–Kier alpha value is -2.40. The van der Waals surface area contributed by atoms with Crippen molar-refractivity contribution in [3.8, 4) is 0 Å². The van der Waals surface area contributed by atoms with Gasteiger partial charge in [-0.3, -0.25) is 9.78 Å². The van der Waals surface area contributed by atoms with Gasteiger partial charge in [0, 0.05) is 30.2 Å². The molecular formula is C16H18N4O. The molecule has 2 N–H and O–H groups in total. The lowest BCUT2D eigenvalue weighted by atomic mass is 10.1. The van der Waals surface area contributed by atoms with E-state index in [1.54, 1.807) is 13.2 Å². The maximum atomic E-state index is 11.8. The molecule has 0 fully saturated rings. The van der Waals surface area contributed by atoms with Gasteiger partial charge in [0.15, 0.2) is 0 Å². The van der Waals surface area contributed by atoms with E-state index in [4.69, 9.17) is 0 Å². The van der Waals surface area contributed by atoms with Gasteiger partial charge in [-0.25, -0.2) is 0 Å². The summed E-state index contributed by atoms with van der Waals surface area (Å²) >= 11 is 0. The van der Waals surface area contributed by atoms with Crippen LogP contribution in [0.3, 0.4) is 0 Å². The number of rotatable bonds is 4. The van der Waals surface area contributed by atoms with Crippen molar-refractivity contribution in [2.24, 2.45) is 0 Å². The second-order valence-corrected chi connectivity index (χ2v) is 5.16. The third-order valence-electron chi connectivity index (χ3n) is 3.72. The van der Waals surface area contributed by atoms with Crippen LogP contribution >= 0.6 is 0 Å². The SMILES string of the molecule is CNC1C(=O)Nc2cc(N(C)Cc3ccccn3)ccc21. The third kappa shape index (κ3) is 2.60. The van der Waals surface area contributed by atoms with Crippen LogP contribution in [0.25, 0.3) is 0 Å². The van der Waals surface area contributed by atoms with Gasteiger partial charge in [0.1, 0.15) is 6.04 Å². The van der Waals surface area contributed by atoms with Gasteiger partial charge in [-0.15, -0.1) is 0 Å². The zero-order valence-corrected chi connectivity index (χ0v) is 12.1. The molecule has 21 heavy (non-hydrogen) atoms. The fourth-order valence-electron chi connectivity index (χ4n) is 2.60. The molecule has 2 heterocycles. The lowest BCUT2D eigenvalue weighted by Gasteiger charge is -2.19. The van der Waals surface area contributed by atoms with E-state index in [9.17, 15) is 4.79 Å². The van der Waals surface area contributed by atoms with Crippen molar-refractivity contribution in [1.29, 1.82) is 0 Å². The van der Waals surface area contributed by atoms with Gasteiger partial charge in [-0.2, -0.15) is 0 Å². The van der Waals surface area contributed by atoms with Crippen molar-refractivity contribution in [1.82, 2.24) is 10.3 Å². The first-order chi connectivity index (χ1) is 10.2. The number of carbonyl (C=O) groups excluding carboxylic acids is 1. The van der Waals surface area contributed by atoms with Crippen LogP contribution in [0, 0.1) is 0 Å². The number of likely N-dealkylation sites (N-methyl/N-ethyl adjacent to an activating group) is 1. The van der Waals surface area contributed by atoms with Gasteiger partial charge in [-0.1, -0.05) is 12.1 Å². The maximum Gasteiger partial charge on any atom is 0.246 e. The number of fused-ring (bicyclic) bond motifs is 1. The number of benzene rings is 1. The summed E-state index contributed by atoms with van der Waals surface area (Å²) in [5.74, 6) is -0.00275. The first-order valence-electron chi connectivity index (χ1n) is 6.92. The number of hydrogen-bond acceptors (Lipinski definition) is 4. The van der Waals surface area contributed by atoms with Crippen LogP contribution in [-0.2, 0) is 11.3 Å². The van der Waals surface area contributed by atoms with E-state index < -0.39 is 0 Å². The van der Waals surface area contributed by atoms with Crippen LogP contribution in [-0.4, -0.2) is 25.0 Å². The smallest absolute Gasteiger partial charge is 0.246 e. The molecule has 1 aromatic heterocycles. The number of aromatic nitrogens is 1. The number of amides is 1. The Kier molecular flexibility index (Phi) is 3.58. The van der Waals surface area contributed by atoms with Gasteiger partial charge in [0.25, 0.3) is 0 Å². The van der Waals surface area contributed by atoms with Crippen molar-refractivity contribution in [2.45, 2.75) is 12.6 Å². The number of nitrogens with one attached hydrogen (secondary N) is 2. The minimum absolute atomic E-state index is 0.00275. The van der Waals surface area contributed by atoms with E-state index in [2.05, 4.69) is 20.5 Å². The predicted octanol–water partition coefficient (Wildman–Crippen LogP) is 1.93. The highest BCUT2D eigenvalue weighted by Crippen LogP contribution is 2.33. The van der Waals surface area contributed by atoms with E-state index in [0.717, 1.165) is 29.2 Å². The van der Waals surface area contributed by atoms with Crippen LogP contribution in [0.4, 0.5) is 11.4 Å². The number of anilines is 2. The molecule has 108 valence electrons. The van der Waals surface area contributed by atoms with Gasteiger partial charge in [0.05, 0.1) is 12.2 Å². The fraction of sp³-hybridized carbons (Fsp3) is 0.250. The Balaban J connectivity index is 1.82. The van der Waals surface area contributed by atoms with Crippen molar-refractivity contribution in [2.75, 3.05) is 24.3 Å². The Morgan fingerprint density at radius 3 is 2.90 bits per heavy atom. The molecule has 1 atom stereocenters. The molecule has 0 bridgehead atoms. The number of carbonyl (C=O) groups is 1. The lowest BCUT2D eigenvalue weighted by Crippen LogP contribution is -2.23. The zero-order chi connectivity index (χ0) is 14.8. The first kappa shape index (κ1) is 13.6. The summed E-state index contributed by atoms with van der Waals surface area (Å²) in [6.07, 6.45) is 1.80. The average Bonchev–Trinajstić information content (AvgIpc) is 2.82. The van der Waals surface area contributed by atoms with E-state index >= 15 is 0 Å². The fourth-order valence-corrected chi connectivity index (χ4v) is 2.60. The topological polar surface area (TPSA) is 57.3 Å². The minimum Gasteiger partial charge on any atom is -0.369 e. The average molecular weight is 282 g/mol. The molecular weight excluding hydrogens is 264 g/mol. The van der Waals surface area contributed by atoms with Crippen LogP contribution < -0.4 is 15.5 Å². The second kappa shape index (κ2) is 5.54. The largest absolute Gasteiger partial charge is 0.369 e. The molecule has 0 aliphatic carbocycles. The van der Waals surface area contributed by atoms with E-state index in [0.29, 0.717) is 0 Å². The highest BCUT2D eigenvalue weighted by Gasteiger charge is 2.29. The molecule has 2 aromatic rings. The number of pyridine rings is 1. The Morgan fingerprint density at radius 1 is 1.33 bits per heavy atom. The molecule has 0 spiro atoms. The molecule has 5 nitrogen and oxygen atoms in total. The van der Waals surface area contributed by atoms with Crippen LogP contribution in [0.15, 0.2) is 42.6 Å². The number of nitrogens with zero attached hydrogens (tertiary/aromatic N) is 2. The molecule has 0 saturated carbocycles. The standard InChI is InChI=1S/C16H18N4O/c1-17-15-13-7-6-12(9-14(13)19-16(15)21)20(2)10-11-5-3-4-8-18-11/h3-9,15,17H,10H2,1-2H3,(H,19,21). The van der Waals surface area contributed by atoms with Crippen molar-refractivity contribution in [3.05, 3.63) is 53.9 Å². The summed E-state index contributed by atoms with van der Waals surface area (Å²) in [6, 6.07) is 11.7. The van der Waals surface area contributed by atoms with Gasteiger partial charge in [0.2, 0.25) is 5.91 Å². The molecule has 1 aromatic carbocycles. The molecule has 1 unspecified atom stereocenters. The van der Waals surface area contributed by atoms with Crippen molar-refractivity contribution < 1.29 is 4.79 Å². The maximum absolute atomic E-state index is 11.8. The zero-order valence-electron chi connectivity index (χ0n) is 12.1. The van der Waals surface area contributed by atoms with Gasteiger partial charge in [-0.05, 0) is 31.3 Å². The van der Waals surface area contributed by atoms with Gasteiger partial charge >= 0.3 is 0 Å². The summed E-state index contributed by atoms with van der Waals surface area (Å²) in [6.45, 7) is 0.725. The third-order valence-corrected chi connectivity index (χ3v) is 3.72. The molecule has 0 saturated heterocycles. The summed E-state index contributed by atoms with van der Waals surface area (Å²) < 4.78 is 0. The highest BCUT2D eigenvalue weighted by molar-refractivity contribution is 6.03. The Labute approximate surface area is 124 Å². The van der Waals surface area contributed by atoms with Crippen LogP contribution in [0.1, 0.15) is 17.3 Å². The van der Waals surface area contributed by atoms with E-state index in [-0.39, 0.29) is 11.9 Å². The van der Waals surface area contributed by atoms with Crippen molar-refractivity contribution >= 4 is 17.3 Å². The normalized spacial score (nSPS) is 16.5. The minimum atomic E-state index is -0.254. The second-order valence-electron chi connectivity index (χ2n) is 5.16. The predicted molar refractivity (Wildman–Crippen MR) is 83.2 cm³/mol. The Bertz CT molecular complexity index is 657. The lowest BCUT2D eigenvalue weighted by molar-refractivity contribution is -0.117. The summed E-state index contributed by atoms with van der Waals surface area (Å²) in [4.78, 5) is 18.3. The molecule has 0 radical (unpaired) electrons. The molecule has 3 rings (SSSR count).